The monoisotopic (exact) mass is 433 g/mol. The fourth-order valence-electron chi connectivity index (χ4n) is 3.96. The van der Waals surface area contributed by atoms with Gasteiger partial charge in [0, 0.05) is 29.5 Å². The molecule has 0 radical (unpaired) electrons. The maximum absolute atomic E-state index is 13.1. The van der Waals surface area contributed by atoms with E-state index in [1.807, 2.05) is 18.2 Å². The van der Waals surface area contributed by atoms with Crippen LogP contribution in [0.4, 0.5) is 13.2 Å². The van der Waals surface area contributed by atoms with Crippen molar-refractivity contribution in [1.82, 2.24) is 5.32 Å². The van der Waals surface area contributed by atoms with Crippen molar-refractivity contribution in [2.45, 2.75) is 31.9 Å². The third-order valence-electron chi connectivity index (χ3n) is 5.54. The van der Waals surface area contributed by atoms with Gasteiger partial charge in [0.2, 0.25) is 5.91 Å². The molecule has 1 aromatic heterocycles. The lowest BCUT2D eigenvalue weighted by molar-refractivity contribution is -0.137. The van der Waals surface area contributed by atoms with Crippen LogP contribution in [-0.4, -0.2) is 19.6 Å². The molecule has 0 aliphatic heterocycles. The summed E-state index contributed by atoms with van der Waals surface area (Å²) in [5, 5.41) is 3.97. The van der Waals surface area contributed by atoms with E-state index in [1.165, 1.54) is 24.6 Å². The second-order valence-electron chi connectivity index (χ2n) is 7.72. The van der Waals surface area contributed by atoms with Crippen LogP contribution in [0.5, 0.6) is 5.75 Å². The van der Waals surface area contributed by atoms with Crippen molar-refractivity contribution < 1.29 is 22.7 Å². The molecule has 30 heavy (non-hydrogen) atoms. The zero-order chi connectivity index (χ0) is 21.5. The summed E-state index contributed by atoms with van der Waals surface area (Å²) >= 11 is 1.62. The van der Waals surface area contributed by atoms with Gasteiger partial charge in [0.1, 0.15) is 5.75 Å². The van der Waals surface area contributed by atoms with Crippen LogP contribution in [-0.2, 0) is 17.4 Å². The van der Waals surface area contributed by atoms with Crippen LogP contribution in [0.3, 0.4) is 0 Å². The molecule has 2 unspecified atom stereocenters. The summed E-state index contributed by atoms with van der Waals surface area (Å²) < 4.78 is 45.9. The normalized spacial score (nSPS) is 18.4. The van der Waals surface area contributed by atoms with E-state index in [9.17, 15) is 18.0 Å². The standard InChI is InChI=1S/C23H22F3NO2S/c1-13(28)27-12-15-10-18(15)22-19-11-17(29-2)6-7-20(19)30-21(22)9-14-4-3-5-16(8-14)23(24,25)26/h3-8,11,15,18H,9-10,12H2,1-2H3,(H,27,28). The van der Waals surface area contributed by atoms with Crippen molar-refractivity contribution in [1.29, 1.82) is 0 Å². The van der Waals surface area contributed by atoms with Crippen LogP contribution in [0.15, 0.2) is 42.5 Å². The van der Waals surface area contributed by atoms with Crippen molar-refractivity contribution in [3.05, 3.63) is 64.0 Å². The highest BCUT2D eigenvalue weighted by atomic mass is 32.1. The SMILES string of the molecule is COc1ccc2sc(Cc3cccc(C(F)(F)F)c3)c(C3CC3CNC(C)=O)c2c1. The van der Waals surface area contributed by atoms with Crippen molar-refractivity contribution in [3.8, 4) is 5.75 Å². The largest absolute Gasteiger partial charge is 0.497 e. The van der Waals surface area contributed by atoms with E-state index < -0.39 is 11.7 Å². The van der Waals surface area contributed by atoms with Gasteiger partial charge in [0.25, 0.3) is 0 Å². The lowest BCUT2D eigenvalue weighted by atomic mass is 9.99. The first kappa shape index (κ1) is 20.7. The van der Waals surface area contributed by atoms with Gasteiger partial charge in [-0.3, -0.25) is 4.79 Å². The fraction of sp³-hybridized carbons (Fsp3) is 0.348. The van der Waals surface area contributed by atoms with Gasteiger partial charge in [-0.05, 0) is 59.0 Å². The van der Waals surface area contributed by atoms with Crippen molar-refractivity contribution in [2.24, 2.45) is 5.92 Å². The minimum atomic E-state index is -4.35. The molecule has 158 valence electrons. The van der Waals surface area contributed by atoms with E-state index >= 15 is 0 Å². The molecule has 1 fully saturated rings. The summed E-state index contributed by atoms with van der Waals surface area (Å²) in [7, 11) is 1.62. The number of amides is 1. The van der Waals surface area contributed by atoms with Crippen molar-refractivity contribution in [3.63, 3.8) is 0 Å². The number of carbonyl (C=O) groups excluding carboxylic acids is 1. The average Bonchev–Trinajstić information content (AvgIpc) is 3.37. The third-order valence-corrected chi connectivity index (χ3v) is 6.72. The lowest BCUT2D eigenvalue weighted by Crippen LogP contribution is -2.22. The zero-order valence-corrected chi connectivity index (χ0v) is 17.5. The van der Waals surface area contributed by atoms with E-state index in [1.54, 1.807) is 24.5 Å². The molecule has 1 aliphatic carbocycles. The molecular weight excluding hydrogens is 411 g/mol. The van der Waals surface area contributed by atoms with E-state index in [4.69, 9.17) is 4.74 Å². The highest BCUT2D eigenvalue weighted by Gasteiger charge is 2.41. The zero-order valence-electron chi connectivity index (χ0n) is 16.7. The number of fused-ring (bicyclic) bond motifs is 1. The number of methoxy groups -OCH3 is 1. The summed E-state index contributed by atoms with van der Waals surface area (Å²) in [5.74, 6) is 1.34. The first-order valence-electron chi connectivity index (χ1n) is 9.76. The van der Waals surface area contributed by atoms with Gasteiger partial charge in [-0.1, -0.05) is 18.2 Å². The topological polar surface area (TPSA) is 38.3 Å². The van der Waals surface area contributed by atoms with Gasteiger partial charge < -0.3 is 10.1 Å². The van der Waals surface area contributed by atoms with Crippen molar-refractivity contribution in [2.75, 3.05) is 13.7 Å². The van der Waals surface area contributed by atoms with Crippen LogP contribution in [0, 0.1) is 5.92 Å². The predicted molar refractivity (Wildman–Crippen MR) is 112 cm³/mol. The molecule has 7 heteroatoms. The molecule has 3 aromatic rings. The summed E-state index contributed by atoms with van der Waals surface area (Å²) in [6.07, 6.45) is -2.95. The number of hydrogen-bond donors (Lipinski definition) is 1. The van der Waals surface area contributed by atoms with E-state index in [-0.39, 0.29) is 5.91 Å². The molecule has 1 heterocycles. The summed E-state index contributed by atoms with van der Waals surface area (Å²) in [5.41, 5.74) is 1.20. The highest BCUT2D eigenvalue weighted by Crippen LogP contribution is 2.53. The van der Waals surface area contributed by atoms with Gasteiger partial charge in [-0.2, -0.15) is 13.2 Å². The molecule has 1 N–H and O–H groups in total. The Kier molecular flexibility index (Phi) is 5.49. The molecule has 2 atom stereocenters. The minimum absolute atomic E-state index is 0.0540. The number of ether oxygens (including phenoxy) is 1. The Morgan fingerprint density at radius 1 is 1.23 bits per heavy atom. The number of alkyl halides is 3. The molecule has 3 nitrogen and oxygen atoms in total. The van der Waals surface area contributed by atoms with Gasteiger partial charge in [-0.15, -0.1) is 11.3 Å². The highest BCUT2D eigenvalue weighted by molar-refractivity contribution is 7.19. The van der Waals surface area contributed by atoms with Gasteiger partial charge in [0.15, 0.2) is 0 Å². The van der Waals surface area contributed by atoms with Crippen LogP contribution in [0.1, 0.15) is 40.8 Å². The van der Waals surface area contributed by atoms with E-state index in [2.05, 4.69) is 5.32 Å². The molecule has 2 aromatic carbocycles. The smallest absolute Gasteiger partial charge is 0.416 e. The molecule has 4 rings (SSSR count). The Morgan fingerprint density at radius 3 is 2.73 bits per heavy atom. The van der Waals surface area contributed by atoms with E-state index in [0.717, 1.165) is 33.2 Å². The Bertz CT molecular complexity index is 1090. The number of nitrogens with one attached hydrogen (secondary N) is 1. The molecular formula is C23H22F3NO2S. The second-order valence-corrected chi connectivity index (χ2v) is 8.85. The van der Waals surface area contributed by atoms with Crippen LogP contribution < -0.4 is 10.1 Å². The first-order valence-corrected chi connectivity index (χ1v) is 10.6. The fourth-order valence-corrected chi connectivity index (χ4v) is 5.25. The number of thiophene rings is 1. The average molecular weight is 433 g/mol. The summed E-state index contributed by atoms with van der Waals surface area (Å²) in [6, 6.07) is 11.4. The van der Waals surface area contributed by atoms with E-state index in [0.29, 0.717) is 30.4 Å². The maximum atomic E-state index is 13.1. The van der Waals surface area contributed by atoms with Crippen LogP contribution in [0.25, 0.3) is 10.1 Å². The maximum Gasteiger partial charge on any atom is 0.416 e. The Morgan fingerprint density at radius 2 is 2.03 bits per heavy atom. The summed E-state index contributed by atoms with van der Waals surface area (Å²) in [4.78, 5) is 12.3. The number of carbonyl (C=O) groups is 1. The Balaban J connectivity index is 1.70. The Hall–Kier alpha value is -2.54. The molecule has 0 saturated heterocycles. The van der Waals surface area contributed by atoms with Gasteiger partial charge in [0.05, 0.1) is 12.7 Å². The molecule has 1 saturated carbocycles. The Labute approximate surface area is 176 Å². The number of halogens is 3. The van der Waals surface area contributed by atoms with Crippen molar-refractivity contribution >= 4 is 27.3 Å². The molecule has 0 bridgehead atoms. The predicted octanol–water partition coefficient (Wildman–Crippen LogP) is 5.76. The quantitative estimate of drug-likeness (QED) is 0.537. The third kappa shape index (κ3) is 4.31. The molecule has 1 amide bonds. The molecule has 0 spiro atoms. The molecule has 1 aliphatic rings. The number of rotatable bonds is 6. The summed E-state index contributed by atoms with van der Waals surface area (Å²) in [6.45, 7) is 2.12. The van der Waals surface area contributed by atoms with Crippen LogP contribution >= 0.6 is 11.3 Å². The minimum Gasteiger partial charge on any atom is -0.497 e. The van der Waals surface area contributed by atoms with Gasteiger partial charge >= 0.3 is 6.18 Å². The number of benzene rings is 2. The second kappa shape index (κ2) is 7.95. The lowest BCUT2D eigenvalue weighted by Gasteiger charge is -2.10. The van der Waals surface area contributed by atoms with Gasteiger partial charge in [-0.25, -0.2) is 0 Å². The first-order chi connectivity index (χ1) is 14.3. The number of hydrogen-bond acceptors (Lipinski definition) is 3. The van der Waals surface area contributed by atoms with Crippen LogP contribution in [0.2, 0.25) is 0 Å².